The van der Waals surface area contributed by atoms with E-state index in [0.29, 0.717) is 11.3 Å². The minimum absolute atomic E-state index is 0.00618. The number of hydrogen-bond donors (Lipinski definition) is 3. The maximum Gasteiger partial charge on any atom is 0.260 e. The molecule has 1 aromatic heterocycles. The highest BCUT2D eigenvalue weighted by molar-refractivity contribution is 7.89. The van der Waals surface area contributed by atoms with Gasteiger partial charge in [0.2, 0.25) is 0 Å². The Morgan fingerprint density at radius 1 is 1.44 bits per heavy atom. The van der Waals surface area contributed by atoms with Gasteiger partial charge in [0, 0.05) is 23.3 Å². The van der Waals surface area contributed by atoms with Gasteiger partial charge in [0.25, 0.3) is 10.0 Å². The van der Waals surface area contributed by atoms with Crippen LogP contribution in [0.25, 0.3) is 0 Å². The molecule has 0 atom stereocenters. The Labute approximate surface area is 108 Å². The number of sulfonamides is 1. The average molecular weight is 274 g/mol. The second kappa shape index (κ2) is 5.38. The van der Waals surface area contributed by atoms with Crippen molar-refractivity contribution in [3.63, 3.8) is 0 Å². The molecule has 0 aromatic carbocycles. The Morgan fingerprint density at radius 2 is 2.06 bits per heavy atom. The molecule has 18 heavy (non-hydrogen) atoms. The Bertz CT molecular complexity index is 505. The second-order valence-electron chi connectivity index (χ2n) is 5.08. The van der Waals surface area contributed by atoms with Crippen molar-refractivity contribution in [3.05, 3.63) is 11.3 Å². The number of rotatable bonds is 6. The molecule has 6 nitrogen and oxygen atoms in total. The lowest BCUT2D eigenvalue weighted by atomic mass is 10.0. The SMILES string of the molecule is CCCC(C)(C)NS(=O)(=O)c1n[nH]c(C)c1CN. The van der Waals surface area contributed by atoms with Crippen LogP contribution in [0, 0.1) is 6.92 Å². The molecule has 0 aliphatic heterocycles. The summed E-state index contributed by atoms with van der Waals surface area (Å²) in [6.45, 7) is 7.63. The Hall–Kier alpha value is -0.920. The molecular weight excluding hydrogens is 252 g/mol. The predicted octanol–water partition coefficient (Wildman–Crippen LogP) is 1.03. The van der Waals surface area contributed by atoms with Crippen LogP contribution in [0.3, 0.4) is 0 Å². The second-order valence-corrected chi connectivity index (χ2v) is 6.67. The van der Waals surface area contributed by atoms with Gasteiger partial charge in [-0.25, -0.2) is 13.1 Å². The normalized spacial score (nSPS) is 12.9. The molecule has 0 saturated heterocycles. The number of nitrogens with zero attached hydrogens (tertiary/aromatic N) is 1. The third-order valence-electron chi connectivity index (χ3n) is 2.78. The van der Waals surface area contributed by atoms with Crippen molar-refractivity contribution in [1.82, 2.24) is 14.9 Å². The summed E-state index contributed by atoms with van der Waals surface area (Å²) < 4.78 is 27.2. The van der Waals surface area contributed by atoms with E-state index < -0.39 is 15.6 Å². The van der Waals surface area contributed by atoms with Crippen LogP contribution < -0.4 is 10.5 Å². The molecule has 1 aromatic rings. The quantitative estimate of drug-likeness (QED) is 0.721. The van der Waals surface area contributed by atoms with Crippen LogP contribution in [0.4, 0.5) is 0 Å². The standard InChI is InChI=1S/C11H22N4O2S/c1-5-6-11(3,4)15-18(16,17)10-9(7-12)8(2)13-14-10/h15H,5-7,12H2,1-4H3,(H,13,14). The fourth-order valence-electron chi connectivity index (χ4n) is 1.98. The van der Waals surface area contributed by atoms with Gasteiger partial charge in [0.1, 0.15) is 0 Å². The maximum absolute atomic E-state index is 12.3. The van der Waals surface area contributed by atoms with Crippen LogP contribution in [0.1, 0.15) is 44.9 Å². The smallest absolute Gasteiger partial charge is 0.260 e. The van der Waals surface area contributed by atoms with Crippen LogP contribution >= 0.6 is 0 Å². The first-order valence-corrected chi connectivity index (χ1v) is 7.49. The van der Waals surface area contributed by atoms with Gasteiger partial charge in [-0.1, -0.05) is 13.3 Å². The minimum atomic E-state index is -3.63. The number of hydrogen-bond acceptors (Lipinski definition) is 4. The molecule has 0 aliphatic carbocycles. The molecule has 4 N–H and O–H groups in total. The van der Waals surface area contributed by atoms with Crippen molar-refractivity contribution < 1.29 is 8.42 Å². The monoisotopic (exact) mass is 274 g/mol. The number of aryl methyl sites for hydroxylation is 1. The molecular formula is C11H22N4O2S. The number of aromatic nitrogens is 2. The van der Waals surface area contributed by atoms with E-state index in [2.05, 4.69) is 14.9 Å². The zero-order valence-corrected chi connectivity index (χ0v) is 12.2. The molecule has 0 bridgehead atoms. The molecule has 0 radical (unpaired) electrons. The van der Waals surface area contributed by atoms with Crippen molar-refractivity contribution in [2.45, 2.75) is 57.6 Å². The number of nitrogens with one attached hydrogen (secondary N) is 2. The fourth-order valence-corrected chi connectivity index (χ4v) is 3.63. The summed E-state index contributed by atoms with van der Waals surface area (Å²) in [5, 5.41) is 6.52. The molecule has 1 heterocycles. The predicted molar refractivity (Wildman–Crippen MR) is 70.5 cm³/mol. The third kappa shape index (κ3) is 3.30. The van der Waals surface area contributed by atoms with E-state index in [1.165, 1.54) is 0 Å². The van der Waals surface area contributed by atoms with E-state index in [-0.39, 0.29) is 11.6 Å². The Balaban J connectivity index is 3.07. The van der Waals surface area contributed by atoms with Gasteiger partial charge < -0.3 is 5.73 Å². The minimum Gasteiger partial charge on any atom is -0.326 e. The van der Waals surface area contributed by atoms with Gasteiger partial charge in [0.05, 0.1) is 0 Å². The summed E-state index contributed by atoms with van der Waals surface area (Å²) in [7, 11) is -3.63. The first-order valence-electron chi connectivity index (χ1n) is 6.01. The molecule has 1 rings (SSSR count). The highest BCUT2D eigenvalue weighted by Gasteiger charge is 2.29. The van der Waals surface area contributed by atoms with Gasteiger partial charge in [-0.3, -0.25) is 5.10 Å². The first kappa shape index (κ1) is 15.1. The van der Waals surface area contributed by atoms with Crippen LogP contribution in [0.5, 0.6) is 0 Å². The molecule has 104 valence electrons. The molecule has 7 heteroatoms. The summed E-state index contributed by atoms with van der Waals surface area (Å²) in [5.74, 6) is 0. The van der Waals surface area contributed by atoms with Gasteiger partial charge in [-0.05, 0) is 27.2 Å². The highest BCUT2D eigenvalue weighted by atomic mass is 32.2. The lowest BCUT2D eigenvalue weighted by Gasteiger charge is -2.24. The van der Waals surface area contributed by atoms with E-state index in [1.54, 1.807) is 6.92 Å². The number of aromatic amines is 1. The van der Waals surface area contributed by atoms with E-state index in [9.17, 15) is 8.42 Å². The van der Waals surface area contributed by atoms with Crippen molar-refractivity contribution in [3.8, 4) is 0 Å². The largest absolute Gasteiger partial charge is 0.326 e. The van der Waals surface area contributed by atoms with Gasteiger partial charge >= 0.3 is 0 Å². The number of nitrogens with two attached hydrogens (primary N) is 1. The topological polar surface area (TPSA) is 101 Å². The van der Waals surface area contributed by atoms with Gasteiger partial charge in [-0.2, -0.15) is 5.10 Å². The Morgan fingerprint density at radius 3 is 2.56 bits per heavy atom. The van der Waals surface area contributed by atoms with Gasteiger partial charge in [-0.15, -0.1) is 0 Å². The first-order chi connectivity index (χ1) is 8.23. The van der Waals surface area contributed by atoms with Crippen molar-refractivity contribution in [2.24, 2.45) is 5.73 Å². The summed E-state index contributed by atoms with van der Waals surface area (Å²) >= 11 is 0. The molecule has 0 saturated carbocycles. The number of H-pyrrole nitrogens is 1. The van der Waals surface area contributed by atoms with Crippen molar-refractivity contribution in [1.29, 1.82) is 0 Å². The molecule has 0 spiro atoms. The van der Waals surface area contributed by atoms with Crippen molar-refractivity contribution in [2.75, 3.05) is 0 Å². The molecule has 0 unspecified atom stereocenters. The van der Waals surface area contributed by atoms with E-state index >= 15 is 0 Å². The lowest BCUT2D eigenvalue weighted by molar-refractivity contribution is 0.416. The zero-order valence-electron chi connectivity index (χ0n) is 11.4. The van der Waals surface area contributed by atoms with E-state index in [4.69, 9.17) is 5.73 Å². The summed E-state index contributed by atoms with van der Waals surface area (Å²) in [6, 6.07) is 0. The average Bonchev–Trinajstić information content (AvgIpc) is 2.58. The van der Waals surface area contributed by atoms with Crippen molar-refractivity contribution >= 4 is 10.0 Å². The molecule has 0 aliphatic rings. The van der Waals surface area contributed by atoms with Crippen LogP contribution in [-0.2, 0) is 16.6 Å². The Kier molecular flexibility index (Phi) is 4.52. The summed E-state index contributed by atoms with van der Waals surface area (Å²) in [5.41, 5.74) is 6.29. The van der Waals surface area contributed by atoms with Gasteiger partial charge in [0.15, 0.2) is 5.03 Å². The summed E-state index contributed by atoms with van der Waals surface area (Å²) in [4.78, 5) is 0. The fraction of sp³-hybridized carbons (Fsp3) is 0.727. The lowest BCUT2D eigenvalue weighted by Crippen LogP contribution is -2.43. The van der Waals surface area contributed by atoms with Crippen LogP contribution in [-0.4, -0.2) is 24.2 Å². The molecule has 0 amide bonds. The van der Waals surface area contributed by atoms with E-state index in [0.717, 1.165) is 12.8 Å². The highest BCUT2D eigenvalue weighted by Crippen LogP contribution is 2.19. The van der Waals surface area contributed by atoms with Crippen LogP contribution in [0.2, 0.25) is 0 Å². The van der Waals surface area contributed by atoms with E-state index in [1.807, 2.05) is 20.8 Å². The van der Waals surface area contributed by atoms with Crippen LogP contribution in [0.15, 0.2) is 5.03 Å². The molecule has 0 fully saturated rings. The zero-order chi connectivity index (χ0) is 14.0. The summed E-state index contributed by atoms with van der Waals surface area (Å²) in [6.07, 6.45) is 1.66. The third-order valence-corrected chi connectivity index (χ3v) is 4.45. The maximum atomic E-state index is 12.3.